The SMILES string of the molecule is CN(Cc1nncn1C1CC1)C1CN(c2ccc(C(C)(C)C)nn2)C1. The van der Waals surface area contributed by atoms with Crippen LogP contribution in [-0.2, 0) is 12.0 Å². The number of hydrogen-bond acceptors (Lipinski definition) is 6. The zero-order valence-corrected chi connectivity index (χ0v) is 15.6. The van der Waals surface area contributed by atoms with E-state index < -0.39 is 0 Å². The molecule has 25 heavy (non-hydrogen) atoms. The van der Waals surface area contributed by atoms with Gasteiger partial charge in [-0.25, -0.2) is 0 Å². The van der Waals surface area contributed by atoms with E-state index in [1.54, 1.807) is 0 Å². The van der Waals surface area contributed by atoms with Gasteiger partial charge in [0, 0.05) is 30.6 Å². The topological polar surface area (TPSA) is 63.0 Å². The fourth-order valence-corrected chi connectivity index (χ4v) is 3.20. The maximum atomic E-state index is 4.41. The fraction of sp³-hybridized carbons (Fsp3) is 0.667. The second-order valence-corrected chi connectivity index (χ2v) is 8.39. The van der Waals surface area contributed by atoms with Crippen LogP contribution >= 0.6 is 0 Å². The highest BCUT2D eigenvalue weighted by atomic mass is 15.4. The van der Waals surface area contributed by atoms with Gasteiger partial charge in [0.2, 0.25) is 0 Å². The molecular weight excluding hydrogens is 314 g/mol. The van der Waals surface area contributed by atoms with Gasteiger partial charge in [-0.1, -0.05) is 20.8 Å². The maximum absolute atomic E-state index is 4.41. The van der Waals surface area contributed by atoms with Crippen LogP contribution in [0.1, 0.15) is 51.2 Å². The van der Waals surface area contributed by atoms with Crippen molar-refractivity contribution in [3.8, 4) is 0 Å². The van der Waals surface area contributed by atoms with E-state index in [-0.39, 0.29) is 5.41 Å². The molecule has 1 saturated carbocycles. The first-order valence-corrected chi connectivity index (χ1v) is 9.09. The van der Waals surface area contributed by atoms with E-state index in [1.165, 1.54) is 12.8 Å². The quantitative estimate of drug-likeness (QED) is 0.829. The summed E-state index contributed by atoms with van der Waals surface area (Å²) in [5.41, 5.74) is 1.07. The van der Waals surface area contributed by atoms with Crippen LogP contribution in [-0.4, -0.2) is 56.0 Å². The summed E-state index contributed by atoms with van der Waals surface area (Å²) in [5.74, 6) is 2.05. The van der Waals surface area contributed by atoms with Crippen LogP contribution in [0.4, 0.5) is 5.82 Å². The predicted octanol–water partition coefficient (Wildman–Crippen LogP) is 2.02. The van der Waals surface area contributed by atoms with Crippen molar-refractivity contribution in [1.29, 1.82) is 0 Å². The van der Waals surface area contributed by atoms with Crippen molar-refractivity contribution in [2.75, 3.05) is 25.0 Å². The highest BCUT2D eigenvalue weighted by Crippen LogP contribution is 2.35. The third-order valence-corrected chi connectivity index (χ3v) is 5.21. The van der Waals surface area contributed by atoms with Crippen molar-refractivity contribution >= 4 is 5.82 Å². The third-order valence-electron chi connectivity index (χ3n) is 5.21. The van der Waals surface area contributed by atoms with Crippen molar-refractivity contribution in [1.82, 2.24) is 29.9 Å². The minimum atomic E-state index is 0.0424. The smallest absolute Gasteiger partial charge is 0.151 e. The molecule has 2 fully saturated rings. The lowest BCUT2D eigenvalue weighted by Crippen LogP contribution is -2.58. The van der Waals surface area contributed by atoms with E-state index in [1.807, 2.05) is 6.33 Å². The number of aromatic nitrogens is 5. The van der Waals surface area contributed by atoms with E-state index in [2.05, 4.69) is 74.7 Å². The van der Waals surface area contributed by atoms with E-state index in [0.717, 1.165) is 37.0 Å². The van der Waals surface area contributed by atoms with E-state index in [9.17, 15) is 0 Å². The Hall–Kier alpha value is -2.02. The average Bonchev–Trinajstić information content (AvgIpc) is 3.26. The normalized spacial score (nSPS) is 18.7. The highest BCUT2D eigenvalue weighted by molar-refractivity contribution is 5.42. The molecule has 0 bridgehead atoms. The molecule has 1 aliphatic heterocycles. The van der Waals surface area contributed by atoms with Gasteiger partial charge in [0.1, 0.15) is 12.2 Å². The molecule has 7 nitrogen and oxygen atoms in total. The summed E-state index contributed by atoms with van der Waals surface area (Å²) in [6.07, 6.45) is 4.39. The van der Waals surface area contributed by atoms with E-state index >= 15 is 0 Å². The van der Waals surface area contributed by atoms with Crippen molar-refractivity contribution in [3.05, 3.63) is 30.0 Å². The predicted molar refractivity (Wildman–Crippen MR) is 96.5 cm³/mol. The first-order chi connectivity index (χ1) is 11.9. The third kappa shape index (κ3) is 3.38. The van der Waals surface area contributed by atoms with Crippen molar-refractivity contribution in [2.24, 2.45) is 0 Å². The van der Waals surface area contributed by atoms with Crippen molar-refractivity contribution < 1.29 is 0 Å². The van der Waals surface area contributed by atoms with Crippen LogP contribution in [0.2, 0.25) is 0 Å². The molecule has 3 heterocycles. The molecule has 1 saturated heterocycles. The molecule has 0 atom stereocenters. The Morgan fingerprint density at radius 1 is 1.12 bits per heavy atom. The molecule has 0 spiro atoms. The van der Waals surface area contributed by atoms with E-state index in [0.29, 0.717) is 12.1 Å². The standard InChI is InChI=1S/C18H27N7/c1-18(2,3)15-7-8-16(22-20-15)24-9-14(10-24)23(4)11-17-21-19-12-25(17)13-5-6-13/h7-8,12-14H,5-6,9-11H2,1-4H3. The minimum Gasteiger partial charge on any atom is -0.352 e. The molecule has 0 unspecified atom stereocenters. The van der Waals surface area contributed by atoms with E-state index in [4.69, 9.17) is 0 Å². The lowest BCUT2D eigenvalue weighted by Gasteiger charge is -2.44. The van der Waals surface area contributed by atoms with Crippen LogP contribution in [0, 0.1) is 0 Å². The maximum Gasteiger partial charge on any atom is 0.151 e. The van der Waals surface area contributed by atoms with Gasteiger partial charge in [0.15, 0.2) is 5.82 Å². The summed E-state index contributed by atoms with van der Waals surface area (Å²) in [4.78, 5) is 4.66. The fourth-order valence-electron chi connectivity index (χ4n) is 3.20. The largest absolute Gasteiger partial charge is 0.352 e. The Balaban J connectivity index is 1.33. The minimum absolute atomic E-state index is 0.0424. The van der Waals surface area contributed by atoms with Crippen LogP contribution in [0.5, 0.6) is 0 Å². The first kappa shape index (κ1) is 16.4. The first-order valence-electron chi connectivity index (χ1n) is 9.09. The number of anilines is 1. The lowest BCUT2D eigenvalue weighted by molar-refractivity contribution is 0.190. The molecular formula is C18H27N7. The van der Waals surface area contributed by atoms with Crippen LogP contribution in [0.25, 0.3) is 0 Å². The van der Waals surface area contributed by atoms with Gasteiger partial charge in [0.25, 0.3) is 0 Å². The van der Waals surface area contributed by atoms with Crippen LogP contribution in [0.3, 0.4) is 0 Å². The Morgan fingerprint density at radius 2 is 1.88 bits per heavy atom. The Morgan fingerprint density at radius 3 is 2.48 bits per heavy atom. The second kappa shape index (κ2) is 6.05. The average molecular weight is 341 g/mol. The summed E-state index contributed by atoms with van der Waals surface area (Å²) in [7, 11) is 2.17. The molecule has 134 valence electrons. The summed E-state index contributed by atoms with van der Waals surface area (Å²) in [5, 5.41) is 17.2. The molecule has 0 N–H and O–H groups in total. The molecule has 0 amide bonds. The number of nitrogens with zero attached hydrogens (tertiary/aromatic N) is 7. The van der Waals surface area contributed by atoms with Gasteiger partial charge < -0.3 is 9.47 Å². The van der Waals surface area contributed by atoms with Gasteiger partial charge in [-0.15, -0.1) is 15.3 Å². The molecule has 7 heteroatoms. The summed E-state index contributed by atoms with van der Waals surface area (Å²) >= 11 is 0. The molecule has 2 aromatic rings. The Labute approximate surface area is 149 Å². The van der Waals surface area contributed by atoms with Crippen molar-refractivity contribution in [2.45, 2.75) is 57.7 Å². The highest BCUT2D eigenvalue weighted by Gasteiger charge is 2.33. The van der Waals surface area contributed by atoms with Crippen LogP contribution in [0.15, 0.2) is 18.5 Å². The van der Waals surface area contributed by atoms with Crippen LogP contribution < -0.4 is 4.90 Å². The van der Waals surface area contributed by atoms with Gasteiger partial charge in [-0.3, -0.25) is 4.90 Å². The lowest BCUT2D eigenvalue weighted by atomic mass is 9.92. The van der Waals surface area contributed by atoms with Crippen molar-refractivity contribution in [3.63, 3.8) is 0 Å². The second-order valence-electron chi connectivity index (χ2n) is 8.39. The summed E-state index contributed by atoms with van der Waals surface area (Å²) in [6.45, 7) is 9.29. The number of hydrogen-bond donors (Lipinski definition) is 0. The molecule has 2 aliphatic rings. The monoisotopic (exact) mass is 341 g/mol. The van der Waals surface area contributed by atoms with Gasteiger partial charge in [-0.2, -0.15) is 5.10 Å². The van der Waals surface area contributed by atoms with Gasteiger partial charge >= 0.3 is 0 Å². The molecule has 2 aromatic heterocycles. The zero-order valence-electron chi connectivity index (χ0n) is 15.6. The summed E-state index contributed by atoms with van der Waals surface area (Å²) in [6, 6.07) is 5.34. The summed E-state index contributed by atoms with van der Waals surface area (Å²) < 4.78 is 2.24. The Bertz CT molecular complexity index is 721. The van der Waals surface area contributed by atoms with Gasteiger partial charge in [-0.05, 0) is 32.0 Å². The number of rotatable bonds is 5. The molecule has 4 rings (SSSR count). The Kier molecular flexibility index (Phi) is 3.98. The zero-order chi connectivity index (χ0) is 17.6. The molecule has 0 radical (unpaired) electrons. The number of likely N-dealkylation sites (N-methyl/N-ethyl adjacent to an activating group) is 1. The molecule has 1 aliphatic carbocycles. The van der Waals surface area contributed by atoms with Gasteiger partial charge in [0.05, 0.1) is 12.2 Å². The molecule has 0 aromatic carbocycles.